The Morgan fingerprint density at radius 1 is 1.57 bits per heavy atom. The highest BCUT2D eigenvalue weighted by Gasteiger charge is 2.24. The number of anilines is 1. The van der Waals surface area contributed by atoms with Gasteiger partial charge in [0.2, 0.25) is 0 Å². The summed E-state index contributed by atoms with van der Waals surface area (Å²) in [6, 6.07) is 2.21. The van der Waals surface area contributed by atoms with Crippen LogP contribution in [0.25, 0.3) is 0 Å². The summed E-state index contributed by atoms with van der Waals surface area (Å²) in [5.41, 5.74) is 0.971. The van der Waals surface area contributed by atoms with E-state index in [1.165, 1.54) is 0 Å². The average Bonchev–Trinajstić information content (AvgIpc) is 2.65. The Morgan fingerprint density at radius 3 is 3.14 bits per heavy atom. The zero-order valence-corrected chi connectivity index (χ0v) is 8.35. The van der Waals surface area contributed by atoms with Crippen molar-refractivity contribution in [3.63, 3.8) is 0 Å². The van der Waals surface area contributed by atoms with Crippen LogP contribution in [0.5, 0.6) is 0 Å². The van der Waals surface area contributed by atoms with Crippen LogP contribution in [-0.4, -0.2) is 34.3 Å². The van der Waals surface area contributed by atoms with Crippen LogP contribution >= 0.6 is 0 Å². The molecule has 1 atom stereocenters. The highest BCUT2D eigenvalue weighted by molar-refractivity contribution is 5.41. The van der Waals surface area contributed by atoms with Gasteiger partial charge >= 0.3 is 0 Å². The maximum atomic E-state index is 9.18. The summed E-state index contributed by atoms with van der Waals surface area (Å²) in [7, 11) is 0. The van der Waals surface area contributed by atoms with Crippen LogP contribution in [-0.2, 0) is 0 Å². The molecular formula is C10H15N3O. The molecule has 76 valence electrons. The highest BCUT2D eigenvalue weighted by Crippen LogP contribution is 2.23. The number of nitrogens with zero attached hydrogens (tertiary/aromatic N) is 3. The van der Waals surface area contributed by atoms with Crippen molar-refractivity contribution in [3.05, 3.63) is 18.1 Å². The first-order chi connectivity index (χ1) is 6.81. The summed E-state index contributed by atoms with van der Waals surface area (Å²) in [5.74, 6) is 0.939. The van der Waals surface area contributed by atoms with Crippen LogP contribution in [0.3, 0.4) is 0 Å². The third-order valence-corrected chi connectivity index (χ3v) is 2.67. The molecule has 1 N–H and O–H groups in total. The normalized spacial score (nSPS) is 21.6. The lowest BCUT2D eigenvalue weighted by Gasteiger charge is -2.23. The molecule has 1 aromatic heterocycles. The Kier molecular flexibility index (Phi) is 2.63. The van der Waals surface area contributed by atoms with E-state index >= 15 is 0 Å². The minimum absolute atomic E-state index is 0.211. The number of aliphatic hydroxyl groups is 1. The fraction of sp³-hybridized carbons (Fsp3) is 0.600. The van der Waals surface area contributed by atoms with Crippen molar-refractivity contribution in [2.75, 3.05) is 18.1 Å². The van der Waals surface area contributed by atoms with E-state index in [9.17, 15) is 5.11 Å². The number of hydrogen-bond donors (Lipinski definition) is 1. The molecule has 2 heterocycles. The molecule has 14 heavy (non-hydrogen) atoms. The molecule has 1 aromatic rings. The monoisotopic (exact) mass is 193 g/mol. The van der Waals surface area contributed by atoms with Crippen molar-refractivity contribution in [1.82, 2.24) is 9.97 Å². The molecule has 1 aliphatic heterocycles. The molecule has 0 saturated carbocycles. The van der Waals surface area contributed by atoms with Crippen molar-refractivity contribution in [2.45, 2.75) is 25.8 Å². The lowest BCUT2D eigenvalue weighted by Crippen LogP contribution is -2.32. The van der Waals surface area contributed by atoms with Gasteiger partial charge in [-0.2, -0.15) is 0 Å². The number of rotatable bonds is 2. The maximum Gasteiger partial charge on any atom is 0.132 e. The Balaban J connectivity index is 2.21. The van der Waals surface area contributed by atoms with Crippen molar-refractivity contribution in [1.29, 1.82) is 0 Å². The summed E-state index contributed by atoms with van der Waals surface area (Å²) < 4.78 is 0. The summed E-state index contributed by atoms with van der Waals surface area (Å²) in [5, 5.41) is 9.18. The predicted molar refractivity (Wildman–Crippen MR) is 54.2 cm³/mol. The molecule has 4 heteroatoms. The van der Waals surface area contributed by atoms with Gasteiger partial charge in [-0.05, 0) is 19.8 Å². The predicted octanol–water partition coefficient (Wildman–Crippen LogP) is 0.746. The van der Waals surface area contributed by atoms with Gasteiger partial charge in [0.25, 0.3) is 0 Å². The second-order valence-corrected chi connectivity index (χ2v) is 3.69. The largest absolute Gasteiger partial charge is 0.394 e. The minimum atomic E-state index is 0.211. The molecule has 0 aliphatic carbocycles. The zero-order valence-electron chi connectivity index (χ0n) is 8.35. The van der Waals surface area contributed by atoms with Gasteiger partial charge < -0.3 is 10.0 Å². The van der Waals surface area contributed by atoms with Crippen molar-refractivity contribution in [2.24, 2.45) is 0 Å². The topological polar surface area (TPSA) is 49.2 Å². The van der Waals surface area contributed by atoms with Gasteiger partial charge in [-0.3, -0.25) is 0 Å². The Hall–Kier alpha value is -1.16. The number of aromatic nitrogens is 2. The fourth-order valence-corrected chi connectivity index (χ4v) is 1.92. The Morgan fingerprint density at radius 2 is 2.43 bits per heavy atom. The van der Waals surface area contributed by atoms with E-state index in [2.05, 4.69) is 14.9 Å². The van der Waals surface area contributed by atoms with Gasteiger partial charge in [0.1, 0.15) is 12.1 Å². The van der Waals surface area contributed by atoms with Gasteiger partial charge in [-0.15, -0.1) is 0 Å². The van der Waals surface area contributed by atoms with Crippen LogP contribution in [0.4, 0.5) is 5.82 Å². The lowest BCUT2D eigenvalue weighted by atomic mass is 10.2. The maximum absolute atomic E-state index is 9.18. The van der Waals surface area contributed by atoms with Crippen LogP contribution in [0.1, 0.15) is 18.5 Å². The fourth-order valence-electron chi connectivity index (χ4n) is 1.92. The molecule has 0 aromatic carbocycles. The quantitative estimate of drug-likeness (QED) is 0.753. The van der Waals surface area contributed by atoms with Crippen LogP contribution in [0.15, 0.2) is 12.4 Å². The second kappa shape index (κ2) is 3.92. The van der Waals surface area contributed by atoms with Crippen molar-refractivity contribution < 1.29 is 5.11 Å². The number of aliphatic hydroxyl groups excluding tert-OH is 1. The van der Waals surface area contributed by atoms with Crippen LogP contribution in [0.2, 0.25) is 0 Å². The van der Waals surface area contributed by atoms with E-state index in [0.717, 1.165) is 30.9 Å². The van der Waals surface area contributed by atoms with E-state index in [0.29, 0.717) is 0 Å². The summed E-state index contributed by atoms with van der Waals surface area (Å²) in [6.07, 6.45) is 3.77. The standard InChI is InChI=1S/C10H15N3O/c1-8-5-10(12-7-11-8)13-4-2-3-9(13)6-14/h5,7,9,14H,2-4,6H2,1H3/t9-/m0/s1. The summed E-state index contributed by atoms with van der Waals surface area (Å²) >= 11 is 0. The highest BCUT2D eigenvalue weighted by atomic mass is 16.3. The molecule has 0 bridgehead atoms. The summed E-state index contributed by atoms with van der Waals surface area (Å²) in [4.78, 5) is 10.4. The van der Waals surface area contributed by atoms with Gasteiger partial charge in [0.15, 0.2) is 0 Å². The smallest absolute Gasteiger partial charge is 0.132 e. The number of hydrogen-bond acceptors (Lipinski definition) is 4. The SMILES string of the molecule is Cc1cc(N2CCC[C@H]2CO)ncn1. The lowest BCUT2D eigenvalue weighted by molar-refractivity contribution is 0.266. The van der Waals surface area contributed by atoms with E-state index in [1.807, 2.05) is 13.0 Å². The third-order valence-electron chi connectivity index (χ3n) is 2.67. The molecule has 1 aliphatic rings. The summed E-state index contributed by atoms with van der Waals surface area (Å²) in [6.45, 7) is 3.15. The molecule has 2 rings (SSSR count). The first kappa shape index (κ1) is 9.40. The second-order valence-electron chi connectivity index (χ2n) is 3.69. The molecule has 1 fully saturated rings. The van der Waals surface area contributed by atoms with Crippen LogP contribution < -0.4 is 4.90 Å². The van der Waals surface area contributed by atoms with Crippen molar-refractivity contribution >= 4 is 5.82 Å². The van der Waals surface area contributed by atoms with E-state index < -0.39 is 0 Å². The molecule has 0 amide bonds. The molecule has 0 radical (unpaired) electrons. The Bertz CT molecular complexity index is 316. The molecular weight excluding hydrogens is 178 g/mol. The number of aryl methyl sites for hydroxylation is 1. The average molecular weight is 193 g/mol. The van der Waals surface area contributed by atoms with Crippen molar-refractivity contribution in [3.8, 4) is 0 Å². The first-order valence-electron chi connectivity index (χ1n) is 4.97. The molecule has 1 saturated heterocycles. The molecule has 0 unspecified atom stereocenters. The van der Waals surface area contributed by atoms with Gasteiger partial charge in [-0.1, -0.05) is 0 Å². The van der Waals surface area contributed by atoms with E-state index in [-0.39, 0.29) is 12.6 Å². The van der Waals surface area contributed by atoms with E-state index in [1.54, 1.807) is 6.33 Å². The third kappa shape index (κ3) is 1.70. The molecule has 4 nitrogen and oxygen atoms in total. The van der Waals surface area contributed by atoms with E-state index in [4.69, 9.17) is 0 Å². The van der Waals surface area contributed by atoms with Gasteiger partial charge in [-0.25, -0.2) is 9.97 Å². The zero-order chi connectivity index (χ0) is 9.97. The Labute approximate surface area is 83.6 Å². The first-order valence-corrected chi connectivity index (χ1v) is 4.97. The van der Waals surface area contributed by atoms with Gasteiger partial charge in [0, 0.05) is 18.3 Å². The van der Waals surface area contributed by atoms with Gasteiger partial charge in [0.05, 0.1) is 12.6 Å². The van der Waals surface area contributed by atoms with Crippen LogP contribution in [0, 0.1) is 6.92 Å². The minimum Gasteiger partial charge on any atom is -0.394 e. The molecule has 0 spiro atoms.